The standard InChI is InChI=1S/C17H11ClF4N4O2/c1-24-16(9-15(23-24)17(20,21)22)25(12-7-6-10(19)8-11(12)18)13-4-2-3-5-14(13)26(27)28/h2-9H,1H3. The van der Waals surface area contributed by atoms with Crippen LogP contribution in [-0.4, -0.2) is 14.7 Å². The zero-order valence-electron chi connectivity index (χ0n) is 14.1. The summed E-state index contributed by atoms with van der Waals surface area (Å²) in [6.07, 6.45) is -4.73. The third kappa shape index (κ3) is 3.63. The molecule has 0 bridgehead atoms. The molecule has 146 valence electrons. The lowest BCUT2D eigenvalue weighted by Crippen LogP contribution is -2.15. The van der Waals surface area contributed by atoms with Crippen LogP contribution < -0.4 is 4.90 Å². The zero-order chi connectivity index (χ0) is 20.6. The van der Waals surface area contributed by atoms with Crippen molar-refractivity contribution in [3.05, 3.63) is 75.2 Å². The second-order valence-corrected chi connectivity index (χ2v) is 6.09. The van der Waals surface area contributed by atoms with Gasteiger partial charge in [0.2, 0.25) is 0 Å². The summed E-state index contributed by atoms with van der Waals surface area (Å²) >= 11 is 6.10. The predicted octanol–water partition coefficient (Wildman–Crippen LogP) is 5.61. The van der Waals surface area contributed by atoms with Gasteiger partial charge in [-0.2, -0.15) is 18.3 Å². The van der Waals surface area contributed by atoms with Crippen molar-refractivity contribution in [2.45, 2.75) is 6.18 Å². The topological polar surface area (TPSA) is 64.2 Å². The summed E-state index contributed by atoms with van der Waals surface area (Å²) in [5, 5.41) is 14.8. The van der Waals surface area contributed by atoms with Crippen LogP contribution in [0.5, 0.6) is 0 Å². The SMILES string of the molecule is Cn1nc(C(F)(F)F)cc1N(c1ccc(F)cc1Cl)c1ccccc1[N+](=O)[O-]. The molecule has 28 heavy (non-hydrogen) atoms. The highest BCUT2D eigenvalue weighted by atomic mass is 35.5. The molecule has 0 spiro atoms. The largest absolute Gasteiger partial charge is 0.435 e. The second-order valence-electron chi connectivity index (χ2n) is 5.69. The molecule has 0 fully saturated rings. The molecule has 0 radical (unpaired) electrons. The molecule has 11 heteroatoms. The molecule has 0 aliphatic carbocycles. The summed E-state index contributed by atoms with van der Waals surface area (Å²) in [5.41, 5.74) is -1.57. The molecule has 0 N–H and O–H groups in total. The summed E-state index contributed by atoms with van der Waals surface area (Å²) in [7, 11) is 1.25. The highest BCUT2D eigenvalue weighted by molar-refractivity contribution is 6.33. The lowest BCUT2D eigenvalue weighted by molar-refractivity contribution is -0.384. The van der Waals surface area contributed by atoms with Crippen LogP contribution in [0.15, 0.2) is 48.5 Å². The molecule has 0 aliphatic heterocycles. The van der Waals surface area contributed by atoms with Crippen molar-refractivity contribution < 1.29 is 22.5 Å². The van der Waals surface area contributed by atoms with Crippen molar-refractivity contribution in [2.75, 3.05) is 4.90 Å². The van der Waals surface area contributed by atoms with E-state index in [2.05, 4.69) is 5.10 Å². The first-order valence-electron chi connectivity index (χ1n) is 7.69. The fraction of sp³-hybridized carbons (Fsp3) is 0.118. The number of nitrogens with zero attached hydrogens (tertiary/aromatic N) is 4. The molecule has 1 heterocycles. The van der Waals surface area contributed by atoms with Crippen LogP contribution in [0, 0.1) is 15.9 Å². The van der Waals surface area contributed by atoms with Gasteiger partial charge in [0.15, 0.2) is 5.69 Å². The number of nitro benzene ring substituents is 1. The smallest absolute Gasteiger partial charge is 0.287 e. The number of aromatic nitrogens is 2. The molecule has 0 saturated carbocycles. The summed E-state index contributed by atoms with van der Waals surface area (Å²) < 4.78 is 53.7. The van der Waals surface area contributed by atoms with Crippen LogP contribution in [-0.2, 0) is 13.2 Å². The number of anilines is 3. The highest BCUT2D eigenvalue weighted by Gasteiger charge is 2.36. The molecular formula is C17H11ClF4N4O2. The number of para-hydroxylation sites is 2. The van der Waals surface area contributed by atoms with Crippen molar-refractivity contribution in [1.82, 2.24) is 9.78 Å². The molecule has 0 atom stereocenters. The van der Waals surface area contributed by atoms with Crippen molar-refractivity contribution >= 4 is 34.5 Å². The van der Waals surface area contributed by atoms with Gasteiger partial charge in [0.05, 0.1) is 15.6 Å². The minimum Gasteiger partial charge on any atom is -0.287 e. The normalized spacial score (nSPS) is 11.5. The Morgan fingerprint density at radius 1 is 1.14 bits per heavy atom. The number of aryl methyl sites for hydroxylation is 1. The van der Waals surface area contributed by atoms with E-state index in [9.17, 15) is 27.7 Å². The fourth-order valence-corrected chi connectivity index (χ4v) is 2.90. The summed E-state index contributed by atoms with van der Waals surface area (Å²) in [4.78, 5) is 11.9. The lowest BCUT2D eigenvalue weighted by Gasteiger charge is -2.25. The Bertz CT molecular complexity index is 1050. The maximum atomic E-state index is 13.5. The average Bonchev–Trinajstić information content (AvgIpc) is 2.99. The molecule has 3 rings (SSSR count). The maximum Gasteiger partial charge on any atom is 0.435 e. The maximum absolute atomic E-state index is 13.5. The van der Waals surface area contributed by atoms with Gasteiger partial charge in [-0.05, 0) is 24.3 Å². The van der Waals surface area contributed by atoms with Crippen LogP contribution in [0.1, 0.15) is 5.69 Å². The van der Waals surface area contributed by atoms with E-state index in [-0.39, 0.29) is 27.9 Å². The first-order valence-corrected chi connectivity index (χ1v) is 8.07. The summed E-state index contributed by atoms with van der Waals surface area (Å²) in [6, 6.07) is 9.39. The number of hydrogen-bond donors (Lipinski definition) is 0. The van der Waals surface area contributed by atoms with Gasteiger partial charge in [-0.25, -0.2) is 4.39 Å². The monoisotopic (exact) mass is 414 g/mol. The molecule has 6 nitrogen and oxygen atoms in total. The number of benzene rings is 2. The first-order chi connectivity index (χ1) is 13.1. The Hall–Kier alpha value is -3.14. The van der Waals surface area contributed by atoms with Crippen LogP contribution in [0.3, 0.4) is 0 Å². The van der Waals surface area contributed by atoms with Gasteiger partial charge in [-0.3, -0.25) is 19.7 Å². The van der Waals surface area contributed by atoms with Gasteiger partial charge in [-0.15, -0.1) is 0 Å². The van der Waals surface area contributed by atoms with Crippen molar-refractivity contribution in [1.29, 1.82) is 0 Å². The molecule has 2 aromatic carbocycles. The average molecular weight is 415 g/mol. The van der Waals surface area contributed by atoms with Crippen LogP contribution >= 0.6 is 11.6 Å². The molecule has 0 amide bonds. The zero-order valence-corrected chi connectivity index (χ0v) is 14.9. The van der Waals surface area contributed by atoms with E-state index in [1.54, 1.807) is 0 Å². The van der Waals surface area contributed by atoms with E-state index in [4.69, 9.17) is 11.6 Å². The minimum atomic E-state index is -4.73. The van der Waals surface area contributed by atoms with Gasteiger partial charge >= 0.3 is 6.18 Å². The number of nitro groups is 1. The Morgan fingerprint density at radius 3 is 2.39 bits per heavy atom. The third-order valence-corrected chi connectivity index (χ3v) is 4.15. The number of halogens is 5. The van der Waals surface area contributed by atoms with E-state index >= 15 is 0 Å². The second kappa shape index (κ2) is 7.12. The Kier molecular flexibility index (Phi) is 4.99. The van der Waals surface area contributed by atoms with E-state index in [1.807, 2.05) is 0 Å². The predicted molar refractivity (Wildman–Crippen MR) is 94.5 cm³/mol. The molecular weight excluding hydrogens is 404 g/mol. The molecule has 0 aliphatic rings. The van der Waals surface area contributed by atoms with Gasteiger partial charge in [0, 0.05) is 19.2 Å². The summed E-state index contributed by atoms with van der Waals surface area (Å²) in [6.45, 7) is 0. The van der Waals surface area contributed by atoms with Gasteiger partial charge < -0.3 is 0 Å². The Balaban J connectivity index is 2.31. The van der Waals surface area contributed by atoms with E-state index in [0.29, 0.717) is 0 Å². The van der Waals surface area contributed by atoms with Crippen molar-refractivity contribution in [3.8, 4) is 0 Å². The van der Waals surface area contributed by atoms with E-state index in [1.165, 1.54) is 37.4 Å². The summed E-state index contributed by atoms with van der Waals surface area (Å²) in [5.74, 6) is -0.813. The van der Waals surface area contributed by atoms with Crippen molar-refractivity contribution in [2.24, 2.45) is 7.05 Å². The molecule has 0 saturated heterocycles. The first kappa shape index (κ1) is 19.6. The van der Waals surface area contributed by atoms with Crippen LogP contribution in [0.4, 0.5) is 40.4 Å². The minimum absolute atomic E-state index is 0.0501. The molecule has 3 aromatic rings. The number of hydrogen-bond acceptors (Lipinski definition) is 4. The van der Waals surface area contributed by atoms with Crippen molar-refractivity contribution in [3.63, 3.8) is 0 Å². The van der Waals surface area contributed by atoms with E-state index < -0.39 is 22.6 Å². The van der Waals surface area contributed by atoms with Crippen LogP contribution in [0.2, 0.25) is 5.02 Å². The van der Waals surface area contributed by atoms with E-state index in [0.717, 1.165) is 27.8 Å². The lowest BCUT2D eigenvalue weighted by atomic mass is 10.2. The van der Waals surface area contributed by atoms with Gasteiger partial charge in [-0.1, -0.05) is 23.7 Å². The Labute approximate surface area is 160 Å². The highest BCUT2D eigenvalue weighted by Crippen LogP contribution is 2.43. The Morgan fingerprint density at radius 2 is 1.82 bits per heavy atom. The van der Waals surface area contributed by atoms with Crippen LogP contribution in [0.25, 0.3) is 0 Å². The fourth-order valence-electron chi connectivity index (χ4n) is 2.65. The molecule has 0 unspecified atom stereocenters. The molecule has 1 aromatic heterocycles. The number of rotatable bonds is 4. The quantitative estimate of drug-likeness (QED) is 0.316. The van der Waals surface area contributed by atoms with Gasteiger partial charge in [0.25, 0.3) is 5.69 Å². The number of alkyl halides is 3. The third-order valence-electron chi connectivity index (χ3n) is 3.84. The van der Waals surface area contributed by atoms with Gasteiger partial charge in [0.1, 0.15) is 17.3 Å².